The van der Waals surface area contributed by atoms with Crippen molar-refractivity contribution < 1.29 is 27.8 Å². The van der Waals surface area contributed by atoms with Crippen LogP contribution in [0, 0.1) is 20.2 Å². The summed E-state index contributed by atoms with van der Waals surface area (Å²) < 4.78 is 38.7. The number of non-ortho nitro benzene ring substituents is 1. The number of alkyl halides is 3. The van der Waals surface area contributed by atoms with E-state index in [4.69, 9.17) is 0 Å². The molecule has 0 saturated carbocycles. The van der Waals surface area contributed by atoms with Crippen LogP contribution in [0.3, 0.4) is 0 Å². The molecule has 0 aliphatic heterocycles. The first-order chi connectivity index (χ1) is 15.1. The first-order valence-corrected chi connectivity index (χ1v) is 9.56. The minimum absolute atomic E-state index is 0.0416. The van der Waals surface area contributed by atoms with E-state index in [0.717, 1.165) is 23.9 Å². The zero-order valence-electron chi connectivity index (χ0n) is 15.8. The van der Waals surface area contributed by atoms with Crippen molar-refractivity contribution in [3.8, 4) is 0 Å². The van der Waals surface area contributed by atoms with Crippen molar-refractivity contribution >= 4 is 34.7 Å². The molecule has 0 bridgehead atoms. The van der Waals surface area contributed by atoms with Gasteiger partial charge in [-0.2, -0.15) is 13.2 Å². The van der Waals surface area contributed by atoms with E-state index in [0.29, 0.717) is 11.0 Å². The molecule has 164 valence electrons. The second-order valence-corrected chi connectivity index (χ2v) is 7.38. The SMILES string of the molecule is O=C(Nc1ccccc1Sc1ccc(C(F)(F)F)cc1[N+](=O)[O-])c1ccc([N+](=O)[O-])cc1. The fraction of sp³-hybridized carbons (Fsp3) is 0.0500. The van der Waals surface area contributed by atoms with E-state index in [1.165, 1.54) is 36.4 Å². The molecule has 3 rings (SSSR count). The average molecular weight is 463 g/mol. The number of nitrogens with zero attached hydrogens (tertiary/aromatic N) is 2. The monoisotopic (exact) mass is 463 g/mol. The number of carbonyl (C=O) groups excluding carboxylic acids is 1. The van der Waals surface area contributed by atoms with Crippen LogP contribution in [0.2, 0.25) is 0 Å². The van der Waals surface area contributed by atoms with Gasteiger partial charge in [-0.3, -0.25) is 25.0 Å². The molecule has 0 spiro atoms. The lowest BCUT2D eigenvalue weighted by molar-refractivity contribution is -0.388. The Morgan fingerprint density at radius 3 is 2.12 bits per heavy atom. The number of hydrogen-bond acceptors (Lipinski definition) is 6. The number of nitrogens with one attached hydrogen (secondary N) is 1. The highest BCUT2D eigenvalue weighted by molar-refractivity contribution is 7.99. The summed E-state index contributed by atoms with van der Waals surface area (Å²) in [6, 6.07) is 13.3. The standard InChI is InChI=1S/C20H12F3N3O5S/c21-20(22,23)13-7-10-18(16(11-13)26(30)31)32-17-4-2-1-3-15(17)24-19(27)12-5-8-14(9-6-12)25(28)29/h1-11H,(H,24,27). The van der Waals surface area contributed by atoms with Crippen molar-refractivity contribution in [3.63, 3.8) is 0 Å². The van der Waals surface area contributed by atoms with Crippen LogP contribution in [0.5, 0.6) is 0 Å². The highest BCUT2D eigenvalue weighted by Crippen LogP contribution is 2.41. The number of rotatable bonds is 6. The van der Waals surface area contributed by atoms with Gasteiger partial charge in [0.2, 0.25) is 0 Å². The Labute approximate surface area is 182 Å². The minimum Gasteiger partial charge on any atom is -0.321 e. The maximum Gasteiger partial charge on any atom is 0.416 e. The van der Waals surface area contributed by atoms with Crippen LogP contribution in [-0.2, 0) is 6.18 Å². The largest absolute Gasteiger partial charge is 0.416 e. The van der Waals surface area contributed by atoms with Crippen LogP contribution in [-0.4, -0.2) is 15.8 Å². The van der Waals surface area contributed by atoms with Gasteiger partial charge in [0.25, 0.3) is 17.3 Å². The molecule has 0 aliphatic carbocycles. The first-order valence-electron chi connectivity index (χ1n) is 8.74. The molecule has 0 unspecified atom stereocenters. The number of benzene rings is 3. The Kier molecular flexibility index (Phi) is 6.44. The molecule has 3 aromatic carbocycles. The molecule has 0 aromatic heterocycles. The van der Waals surface area contributed by atoms with Gasteiger partial charge in [0.05, 0.1) is 26.0 Å². The maximum atomic E-state index is 12.9. The molecule has 1 amide bonds. The molecule has 0 atom stereocenters. The van der Waals surface area contributed by atoms with Gasteiger partial charge in [-0.15, -0.1) is 0 Å². The summed E-state index contributed by atoms with van der Waals surface area (Å²) in [6.07, 6.45) is -4.73. The average Bonchev–Trinajstić information content (AvgIpc) is 2.74. The van der Waals surface area contributed by atoms with Gasteiger partial charge < -0.3 is 5.32 Å². The topological polar surface area (TPSA) is 115 Å². The van der Waals surface area contributed by atoms with Crippen LogP contribution in [0.1, 0.15) is 15.9 Å². The number of hydrogen-bond donors (Lipinski definition) is 1. The van der Waals surface area contributed by atoms with Gasteiger partial charge in [0.1, 0.15) is 0 Å². The van der Waals surface area contributed by atoms with Crippen molar-refractivity contribution in [2.75, 3.05) is 5.32 Å². The molecule has 32 heavy (non-hydrogen) atoms. The summed E-state index contributed by atoms with van der Waals surface area (Å²) in [5, 5.41) is 24.7. The third kappa shape index (κ3) is 5.21. The van der Waals surface area contributed by atoms with Gasteiger partial charge in [0.15, 0.2) is 0 Å². The zero-order chi connectivity index (χ0) is 23.5. The summed E-state index contributed by atoms with van der Waals surface area (Å²) in [6.45, 7) is 0. The smallest absolute Gasteiger partial charge is 0.321 e. The maximum absolute atomic E-state index is 12.9. The quantitative estimate of drug-likeness (QED) is 0.358. The van der Waals surface area contributed by atoms with Gasteiger partial charge >= 0.3 is 6.18 Å². The number of nitro benzene ring substituents is 2. The van der Waals surface area contributed by atoms with Gasteiger partial charge in [-0.05, 0) is 36.4 Å². The second-order valence-electron chi connectivity index (χ2n) is 6.29. The Morgan fingerprint density at radius 1 is 0.875 bits per heavy atom. The molecule has 3 aromatic rings. The van der Waals surface area contributed by atoms with Crippen molar-refractivity contribution in [1.29, 1.82) is 0 Å². The molecule has 1 N–H and O–H groups in total. The van der Waals surface area contributed by atoms with Crippen LogP contribution >= 0.6 is 11.8 Å². The van der Waals surface area contributed by atoms with Crippen LogP contribution < -0.4 is 5.32 Å². The molecular formula is C20H12F3N3O5S. The summed E-state index contributed by atoms with van der Waals surface area (Å²) >= 11 is 0.819. The van der Waals surface area contributed by atoms with Crippen molar-refractivity contribution in [2.24, 2.45) is 0 Å². The number of anilines is 1. The fourth-order valence-electron chi connectivity index (χ4n) is 2.63. The highest BCUT2D eigenvalue weighted by Gasteiger charge is 2.33. The van der Waals surface area contributed by atoms with Crippen molar-refractivity contribution in [2.45, 2.75) is 16.0 Å². The van der Waals surface area contributed by atoms with Crippen LogP contribution in [0.25, 0.3) is 0 Å². The Hall–Kier alpha value is -3.93. The predicted octanol–water partition coefficient (Wildman–Crippen LogP) is 5.93. The Morgan fingerprint density at radius 2 is 1.53 bits per heavy atom. The summed E-state index contributed by atoms with van der Waals surface area (Å²) in [7, 11) is 0. The lowest BCUT2D eigenvalue weighted by atomic mass is 10.2. The Balaban J connectivity index is 1.88. The van der Waals surface area contributed by atoms with E-state index >= 15 is 0 Å². The fourth-order valence-corrected chi connectivity index (χ4v) is 3.62. The lowest BCUT2D eigenvalue weighted by Gasteiger charge is -2.12. The molecule has 0 heterocycles. The Bertz CT molecular complexity index is 1200. The summed E-state index contributed by atoms with van der Waals surface area (Å²) in [5.74, 6) is -0.588. The third-order valence-electron chi connectivity index (χ3n) is 4.18. The van der Waals surface area contributed by atoms with Gasteiger partial charge in [-0.1, -0.05) is 23.9 Å². The normalized spacial score (nSPS) is 11.1. The molecular weight excluding hydrogens is 451 g/mol. The van der Waals surface area contributed by atoms with Crippen LogP contribution in [0.4, 0.5) is 30.2 Å². The van der Waals surface area contributed by atoms with E-state index in [9.17, 15) is 38.2 Å². The first kappa shape index (κ1) is 22.7. The van der Waals surface area contributed by atoms with Crippen molar-refractivity contribution in [1.82, 2.24) is 0 Å². The predicted molar refractivity (Wildman–Crippen MR) is 110 cm³/mol. The van der Waals surface area contributed by atoms with E-state index in [-0.39, 0.29) is 21.8 Å². The van der Waals surface area contributed by atoms with Crippen LogP contribution in [0.15, 0.2) is 76.5 Å². The van der Waals surface area contributed by atoms with Gasteiger partial charge in [-0.25, -0.2) is 0 Å². The van der Waals surface area contributed by atoms with Gasteiger partial charge in [0, 0.05) is 28.7 Å². The van der Waals surface area contributed by atoms with E-state index in [1.54, 1.807) is 12.1 Å². The number of amides is 1. The molecule has 8 nitrogen and oxygen atoms in total. The lowest BCUT2D eigenvalue weighted by Crippen LogP contribution is -2.12. The van der Waals surface area contributed by atoms with E-state index < -0.39 is 33.2 Å². The number of halogens is 3. The molecule has 0 saturated heterocycles. The van der Waals surface area contributed by atoms with E-state index in [2.05, 4.69) is 5.32 Å². The summed E-state index contributed by atoms with van der Waals surface area (Å²) in [5.41, 5.74) is -1.66. The number of para-hydroxylation sites is 1. The number of carbonyl (C=O) groups is 1. The molecule has 0 radical (unpaired) electrons. The van der Waals surface area contributed by atoms with Crippen molar-refractivity contribution in [3.05, 3.63) is 98.1 Å². The highest BCUT2D eigenvalue weighted by atomic mass is 32.2. The van der Waals surface area contributed by atoms with E-state index in [1.807, 2.05) is 0 Å². The summed E-state index contributed by atoms with van der Waals surface area (Å²) in [4.78, 5) is 33.4. The zero-order valence-corrected chi connectivity index (χ0v) is 16.6. The third-order valence-corrected chi connectivity index (χ3v) is 5.32. The molecule has 0 aliphatic rings. The molecule has 0 fully saturated rings. The molecule has 12 heteroatoms. The second kappa shape index (κ2) is 9.06. The number of nitro groups is 2. The minimum atomic E-state index is -4.73.